The van der Waals surface area contributed by atoms with Gasteiger partial charge >= 0.3 is 0 Å². The van der Waals surface area contributed by atoms with Crippen LogP contribution >= 0.6 is 0 Å². The van der Waals surface area contributed by atoms with Crippen molar-refractivity contribution >= 4 is 68.9 Å². The fourth-order valence-corrected chi connectivity index (χ4v) is 6.80. The summed E-state index contributed by atoms with van der Waals surface area (Å²) < 4.78 is 44.1. The van der Waals surface area contributed by atoms with Gasteiger partial charge in [0.25, 0.3) is 40.1 Å². The smallest absolute Gasteiger partial charge is 0.271 e. The van der Waals surface area contributed by atoms with E-state index in [-0.39, 0.29) is 75.5 Å². The van der Waals surface area contributed by atoms with Crippen molar-refractivity contribution in [2.45, 2.75) is 45.7 Å². The molecule has 0 saturated carbocycles. The standard InChI is InChI=1S/C20H23N5O3S.C13H16N4O4S.C9H13N/c1-4-15(13-9-6-5-7-10-13)21-18-19(24-29(28)23-18)22-16-12-8-11-14(17(16)26)20(27)25(2)3;1-4-21-12-11(15-22(20)16-12)14-9-7-5-6-8(10(9)18)13(19)17(2)3;1-2-9(10)8-6-4-3-5-7-8/h5-12,15,26H,4H2,1-3H3,(H,21,23)(H,22,24);5-7,18H,4H2,1-3H3,(H,14,15);3-7,9H,2,10H2,1H3/t15-,29?;;9-/m1.1/s1. The Kier molecular flexibility index (Phi) is 17.7. The van der Waals surface area contributed by atoms with E-state index in [1.807, 2.05) is 55.5 Å². The second-order valence-electron chi connectivity index (χ2n) is 13.6. The van der Waals surface area contributed by atoms with E-state index in [0.29, 0.717) is 12.4 Å². The fraction of sp³-hybridized carbons (Fsp3) is 0.286. The van der Waals surface area contributed by atoms with E-state index in [4.69, 9.17) is 10.5 Å². The van der Waals surface area contributed by atoms with Gasteiger partial charge in [-0.25, -0.2) is 8.42 Å². The van der Waals surface area contributed by atoms with Gasteiger partial charge in [0.2, 0.25) is 5.84 Å². The third-order valence-electron chi connectivity index (χ3n) is 8.82. The number of amidine groups is 3. The molecule has 0 bridgehead atoms. The zero-order valence-corrected chi connectivity index (χ0v) is 36.7. The Morgan fingerprint density at radius 3 is 1.57 bits per heavy atom. The maximum Gasteiger partial charge on any atom is 0.271 e. The van der Waals surface area contributed by atoms with Crippen molar-refractivity contribution in [3.8, 4) is 11.5 Å². The second kappa shape index (κ2) is 22.8. The molecule has 7 N–H and O–H groups in total. The maximum absolute atomic E-state index is 12.2. The van der Waals surface area contributed by atoms with E-state index in [9.17, 15) is 28.2 Å². The van der Waals surface area contributed by atoms with E-state index in [1.165, 1.54) is 27.5 Å². The zero-order chi connectivity index (χ0) is 44.6. The Morgan fingerprint density at radius 2 is 1.10 bits per heavy atom. The molecule has 0 spiro atoms. The molecule has 0 aromatic heterocycles. The Bertz CT molecular complexity index is 2320. The summed E-state index contributed by atoms with van der Waals surface area (Å²) in [6.07, 6.45) is 1.78. The van der Waals surface area contributed by atoms with Gasteiger partial charge < -0.3 is 46.4 Å². The van der Waals surface area contributed by atoms with Crippen LogP contribution in [-0.2, 0) is 27.1 Å². The topological polar surface area (TPSA) is 236 Å². The fourth-order valence-electron chi connectivity index (χ4n) is 5.58. The summed E-state index contributed by atoms with van der Waals surface area (Å²) in [7, 11) is 6.39. The molecular weight excluding hydrogens is 821 g/mol. The summed E-state index contributed by atoms with van der Waals surface area (Å²) in [5.74, 6) is -0.278. The van der Waals surface area contributed by atoms with Gasteiger partial charge in [-0.1, -0.05) is 86.6 Å². The van der Waals surface area contributed by atoms with Crippen LogP contribution in [-0.4, -0.2) is 98.4 Å². The van der Waals surface area contributed by atoms with Gasteiger partial charge in [-0.2, -0.15) is 0 Å². The molecule has 2 amide bonds. The van der Waals surface area contributed by atoms with Gasteiger partial charge in [-0.15, -0.1) is 17.6 Å². The Hall–Kier alpha value is -6.44. The molecule has 61 heavy (non-hydrogen) atoms. The first-order valence-corrected chi connectivity index (χ1v) is 21.4. The highest BCUT2D eigenvalue weighted by molar-refractivity contribution is 7.83. The number of nitrogens with zero attached hydrogens (tertiary/aromatic N) is 6. The number of nitrogens with two attached hydrogens (primary N) is 1. The third-order valence-corrected chi connectivity index (χ3v) is 10.2. The molecule has 0 saturated heterocycles. The van der Waals surface area contributed by atoms with Crippen molar-refractivity contribution in [3.05, 3.63) is 119 Å². The van der Waals surface area contributed by atoms with Gasteiger partial charge in [0, 0.05) is 34.2 Å². The number of phenols is 2. The third kappa shape index (κ3) is 13.0. The number of para-hydroxylation sites is 2. The molecule has 4 aromatic carbocycles. The average molecular weight is 873 g/mol. The predicted molar refractivity (Wildman–Crippen MR) is 243 cm³/mol. The highest BCUT2D eigenvalue weighted by atomic mass is 32.2. The second-order valence-corrected chi connectivity index (χ2v) is 15.3. The van der Waals surface area contributed by atoms with Crippen LogP contribution in [0.1, 0.15) is 77.5 Å². The normalized spacial score (nSPS) is 16.1. The number of benzene rings is 4. The molecule has 6 rings (SSSR count). The lowest BCUT2D eigenvalue weighted by Crippen LogP contribution is -2.36. The van der Waals surface area contributed by atoms with Gasteiger partial charge in [-0.3, -0.25) is 9.59 Å². The summed E-state index contributed by atoms with van der Waals surface area (Å²) >= 11 is -3.52. The molecule has 4 atom stereocenters. The lowest BCUT2D eigenvalue weighted by atomic mass is 10.0. The molecule has 0 radical (unpaired) electrons. The molecule has 2 aliphatic heterocycles. The first-order valence-electron chi connectivity index (χ1n) is 19.2. The monoisotopic (exact) mass is 872 g/mol. The van der Waals surface area contributed by atoms with Crippen LogP contribution in [0.2, 0.25) is 0 Å². The van der Waals surface area contributed by atoms with Crippen molar-refractivity contribution in [3.63, 3.8) is 0 Å². The number of carbonyl (C=O) groups is 2. The van der Waals surface area contributed by atoms with Crippen molar-refractivity contribution in [2.75, 3.05) is 45.4 Å². The van der Waals surface area contributed by atoms with Crippen LogP contribution in [0.5, 0.6) is 11.5 Å². The predicted octanol–water partition coefficient (Wildman–Crippen LogP) is 5.66. The largest absolute Gasteiger partial charge is 0.505 e. The highest BCUT2D eigenvalue weighted by Crippen LogP contribution is 2.30. The van der Waals surface area contributed by atoms with E-state index >= 15 is 0 Å². The lowest BCUT2D eigenvalue weighted by molar-refractivity contribution is 0.0817. The van der Waals surface area contributed by atoms with Crippen LogP contribution < -0.4 is 21.7 Å². The minimum atomic E-state index is -1.77. The van der Waals surface area contributed by atoms with Crippen molar-refractivity contribution in [1.29, 1.82) is 0 Å². The molecule has 324 valence electrons. The number of rotatable bonds is 10. The number of carbonyl (C=O) groups excluding carboxylic acids is 2. The van der Waals surface area contributed by atoms with Crippen LogP contribution in [0.15, 0.2) is 115 Å². The number of anilines is 2. The summed E-state index contributed by atoms with van der Waals surface area (Å²) in [6, 6.07) is 29.7. The number of hydrogen-bond acceptors (Lipinski definition) is 11. The maximum atomic E-state index is 12.2. The van der Waals surface area contributed by atoms with Gasteiger partial charge in [-0.05, 0) is 55.2 Å². The van der Waals surface area contributed by atoms with Crippen LogP contribution in [0, 0.1) is 0 Å². The summed E-state index contributed by atoms with van der Waals surface area (Å²) in [6.45, 7) is 6.22. The Labute approximate surface area is 361 Å². The van der Waals surface area contributed by atoms with Gasteiger partial charge in [0.15, 0.2) is 23.2 Å². The number of hydrogen-bond donors (Lipinski definition) is 6. The quantitative estimate of drug-likeness (QED) is 0.106. The van der Waals surface area contributed by atoms with Gasteiger partial charge in [0.1, 0.15) is 0 Å². The molecule has 0 fully saturated rings. The molecule has 2 aliphatic rings. The van der Waals surface area contributed by atoms with E-state index in [2.05, 4.69) is 52.6 Å². The first-order chi connectivity index (χ1) is 29.2. The minimum Gasteiger partial charge on any atom is -0.505 e. The SMILES string of the molecule is CCOC1=NS(=O)N=C1Nc1cccc(C(=O)N(C)C)c1O.CC[C@@H](N)c1ccccc1.CC[C@@H](NC1=NS(=O)N=C1Nc1cccc(C(=O)N(C)C)c1O)c1ccccc1. The van der Waals surface area contributed by atoms with E-state index < -0.39 is 22.3 Å². The molecule has 0 aliphatic carbocycles. The zero-order valence-electron chi connectivity index (χ0n) is 35.0. The number of ether oxygens (including phenoxy) is 1. The van der Waals surface area contributed by atoms with Crippen LogP contribution in [0.25, 0.3) is 0 Å². The Morgan fingerprint density at radius 1 is 0.639 bits per heavy atom. The molecule has 17 nitrogen and oxygen atoms in total. The lowest BCUT2D eigenvalue weighted by Gasteiger charge is -2.20. The number of nitrogens with one attached hydrogen (secondary N) is 3. The van der Waals surface area contributed by atoms with Crippen molar-refractivity contribution in [1.82, 2.24) is 15.1 Å². The Balaban J connectivity index is 0.000000225. The van der Waals surface area contributed by atoms with Crippen LogP contribution in [0.3, 0.4) is 0 Å². The van der Waals surface area contributed by atoms with E-state index in [1.54, 1.807) is 59.4 Å². The van der Waals surface area contributed by atoms with Crippen molar-refractivity contribution < 1.29 is 33.0 Å². The minimum absolute atomic E-state index is 0.0488. The van der Waals surface area contributed by atoms with Crippen LogP contribution in [0.4, 0.5) is 11.4 Å². The number of phenolic OH excluding ortho intramolecular Hbond substituents is 2. The summed E-state index contributed by atoms with van der Waals surface area (Å²) in [5.41, 5.74) is 8.91. The van der Waals surface area contributed by atoms with Crippen molar-refractivity contribution in [2.24, 2.45) is 23.3 Å². The molecular formula is C42H52N10O7S2. The summed E-state index contributed by atoms with van der Waals surface area (Å²) in [4.78, 5) is 27.0. The molecule has 2 unspecified atom stereocenters. The summed E-state index contributed by atoms with van der Waals surface area (Å²) in [5, 5.41) is 29.8. The average Bonchev–Trinajstić information content (AvgIpc) is 3.79. The molecule has 4 aromatic rings. The first kappa shape index (κ1) is 47.2. The van der Waals surface area contributed by atoms with E-state index in [0.717, 1.165) is 18.4 Å². The number of amides is 2. The number of aromatic hydroxyl groups is 2. The van der Waals surface area contributed by atoms with Gasteiger partial charge in [0.05, 0.1) is 35.2 Å². The molecule has 19 heteroatoms. The molecule has 2 heterocycles. The highest BCUT2D eigenvalue weighted by Gasteiger charge is 2.26.